The molecule has 0 aromatic heterocycles. The molecule has 0 aliphatic carbocycles. The Labute approximate surface area is 191 Å². The molecule has 2 atom stereocenters. The number of rotatable bonds is 6. The number of aryl methyl sites for hydroxylation is 1. The van der Waals surface area contributed by atoms with Crippen LogP contribution in [-0.4, -0.2) is 39.1 Å². The minimum absolute atomic E-state index is 0.120. The predicted octanol–water partition coefficient (Wildman–Crippen LogP) is 2.68. The fraction of sp³-hybridized carbons (Fsp3) is 0.231. The molecule has 3 N–H and O–H groups in total. The first-order valence-corrected chi connectivity index (χ1v) is 10.7. The van der Waals surface area contributed by atoms with Crippen LogP contribution in [0.2, 0.25) is 0 Å². The van der Waals surface area contributed by atoms with E-state index in [0.29, 0.717) is 13.1 Å². The molecule has 4 rings (SSSR count). The van der Waals surface area contributed by atoms with Crippen LogP contribution in [-0.2, 0) is 29.2 Å². The van der Waals surface area contributed by atoms with Gasteiger partial charge >= 0.3 is 0 Å². The zero-order valence-electron chi connectivity index (χ0n) is 18.2. The monoisotopic (exact) mass is 448 g/mol. The van der Waals surface area contributed by atoms with E-state index in [0.717, 1.165) is 33.4 Å². The van der Waals surface area contributed by atoms with Crippen LogP contribution < -0.4 is 5.32 Å². The van der Waals surface area contributed by atoms with Crippen molar-refractivity contribution < 1.29 is 24.2 Å². The lowest BCUT2D eigenvalue weighted by Gasteiger charge is -2.22. The maximum absolute atomic E-state index is 13.3. The van der Waals surface area contributed by atoms with Crippen molar-refractivity contribution in [3.8, 4) is 11.1 Å². The van der Waals surface area contributed by atoms with Crippen LogP contribution in [0.4, 0.5) is 4.39 Å². The Kier molecular flexibility index (Phi) is 6.53. The van der Waals surface area contributed by atoms with Crippen molar-refractivity contribution in [2.24, 2.45) is 0 Å². The first-order chi connectivity index (χ1) is 15.8. The van der Waals surface area contributed by atoms with Gasteiger partial charge in [0.25, 0.3) is 11.8 Å². The molecule has 33 heavy (non-hydrogen) atoms. The van der Waals surface area contributed by atoms with E-state index in [2.05, 4.69) is 5.32 Å². The summed E-state index contributed by atoms with van der Waals surface area (Å²) in [6, 6.07) is 19.5. The topological polar surface area (TPSA) is 89.9 Å². The molecule has 7 heteroatoms. The van der Waals surface area contributed by atoms with E-state index in [9.17, 15) is 24.2 Å². The number of hydrogen-bond acceptors (Lipinski definition) is 4. The van der Waals surface area contributed by atoms with Gasteiger partial charge in [0.2, 0.25) is 0 Å². The number of benzene rings is 3. The molecule has 1 aliphatic rings. The fourth-order valence-electron chi connectivity index (χ4n) is 4.00. The Hall–Kier alpha value is -3.55. The molecule has 0 spiro atoms. The molecule has 170 valence electrons. The lowest BCUT2D eigenvalue weighted by Crippen LogP contribution is -2.49. The predicted molar refractivity (Wildman–Crippen MR) is 121 cm³/mol. The second kappa shape index (κ2) is 9.52. The first kappa shape index (κ1) is 22.6. The van der Waals surface area contributed by atoms with Crippen LogP contribution in [0.1, 0.15) is 22.3 Å². The van der Waals surface area contributed by atoms with E-state index < -0.39 is 24.0 Å². The molecule has 0 unspecified atom stereocenters. The Morgan fingerprint density at radius 2 is 1.61 bits per heavy atom. The van der Waals surface area contributed by atoms with E-state index in [-0.39, 0.29) is 12.4 Å². The summed E-state index contributed by atoms with van der Waals surface area (Å²) in [4.78, 5) is 26.3. The smallest absolute Gasteiger partial charge is 0.255 e. The second-order valence-corrected chi connectivity index (χ2v) is 8.23. The number of aliphatic hydroxyl groups is 2. The molecular weight excluding hydrogens is 423 g/mol. The van der Waals surface area contributed by atoms with Gasteiger partial charge in [-0.3, -0.25) is 9.59 Å². The standard InChI is InChI=1S/C26H25FN2O4/c1-16-12-21(27)10-11-22(16)18-8-6-17(7-9-18)13-28-25(32)23(30)24(31)26(33)29-14-19-4-2-3-5-20(19)15-29/h2-12,23-24,30-31H,13-15H2,1H3,(H,28,32)/t23-,24-/m1/s1. The van der Waals surface area contributed by atoms with E-state index in [1.54, 1.807) is 6.07 Å². The molecular formula is C26H25FN2O4. The van der Waals surface area contributed by atoms with Crippen LogP contribution in [0.3, 0.4) is 0 Å². The summed E-state index contributed by atoms with van der Waals surface area (Å²) < 4.78 is 13.3. The van der Waals surface area contributed by atoms with Gasteiger partial charge in [0.15, 0.2) is 12.2 Å². The van der Waals surface area contributed by atoms with Crippen molar-refractivity contribution in [1.29, 1.82) is 0 Å². The van der Waals surface area contributed by atoms with Crippen molar-refractivity contribution >= 4 is 11.8 Å². The van der Waals surface area contributed by atoms with Gasteiger partial charge in [-0.2, -0.15) is 0 Å². The van der Waals surface area contributed by atoms with Crippen molar-refractivity contribution in [3.63, 3.8) is 0 Å². The van der Waals surface area contributed by atoms with Gasteiger partial charge in [0, 0.05) is 19.6 Å². The summed E-state index contributed by atoms with van der Waals surface area (Å²) >= 11 is 0. The summed E-state index contributed by atoms with van der Waals surface area (Å²) in [5.74, 6) is -1.80. The maximum atomic E-state index is 13.3. The zero-order chi connectivity index (χ0) is 23.5. The molecule has 2 amide bonds. The summed E-state index contributed by atoms with van der Waals surface area (Å²) in [6.45, 7) is 2.62. The first-order valence-electron chi connectivity index (χ1n) is 10.7. The van der Waals surface area contributed by atoms with Crippen molar-refractivity contribution in [2.75, 3.05) is 0 Å². The highest BCUT2D eigenvalue weighted by Crippen LogP contribution is 2.25. The Morgan fingerprint density at radius 1 is 0.970 bits per heavy atom. The minimum atomic E-state index is -1.87. The fourth-order valence-corrected chi connectivity index (χ4v) is 4.00. The number of halogens is 1. The Balaban J connectivity index is 1.32. The largest absolute Gasteiger partial charge is 0.380 e. The summed E-state index contributed by atoms with van der Waals surface area (Å²) in [6.07, 6.45) is -3.72. The van der Waals surface area contributed by atoms with Gasteiger partial charge in [-0.25, -0.2) is 4.39 Å². The van der Waals surface area contributed by atoms with E-state index in [4.69, 9.17) is 0 Å². The van der Waals surface area contributed by atoms with Gasteiger partial charge in [0.1, 0.15) is 5.82 Å². The number of aliphatic hydroxyl groups excluding tert-OH is 2. The lowest BCUT2D eigenvalue weighted by molar-refractivity contribution is -0.153. The van der Waals surface area contributed by atoms with E-state index in [1.807, 2.05) is 55.5 Å². The van der Waals surface area contributed by atoms with Crippen LogP contribution in [0.15, 0.2) is 66.7 Å². The molecule has 6 nitrogen and oxygen atoms in total. The third kappa shape index (κ3) is 4.94. The molecule has 3 aromatic carbocycles. The van der Waals surface area contributed by atoms with Crippen molar-refractivity contribution in [2.45, 2.75) is 38.8 Å². The van der Waals surface area contributed by atoms with Crippen molar-refractivity contribution in [3.05, 3.63) is 94.8 Å². The highest BCUT2D eigenvalue weighted by molar-refractivity contribution is 5.91. The molecule has 3 aromatic rings. The number of fused-ring (bicyclic) bond motifs is 1. The number of carbonyl (C=O) groups excluding carboxylic acids is 2. The van der Waals surface area contributed by atoms with Gasteiger partial charge in [0.05, 0.1) is 0 Å². The molecule has 1 aliphatic heterocycles. The summed E-state index contributed by atoms with van der Waals surface area (Å²) in [5.41, 5.74) is 5.38. The Bertz CT molecular complexity index is 1150. The third-order valence-electron chi connectivity index (χ3n) is 5.89. The van der Waals surface area contributed by atoms with Gasteiger partial charge in [-0.1, -0.05) is 54.6 Å². The van der Waals surface area contributed by atoms with Crippen LogP contribution >= 0.6 is 0 Å². The highest BCUT2D eigenvalue weighted by atomic mass is 19.1. The quantitative estimate of drug-likeness (QED) is 0.541. The molecule has 0 bridgehead atoms. The number of amides is 2. The number of nitrogens with one attached hydrogen (secondary N) is 1. The zero-order valence-corrected chi connectivity index (χ0v) is 18.2. The van der Waals surface area contributed by atoms with Crippen LogP contribution in [0.5, 0.6) is 0 Å². The van der Waals surface area contributed by atoms with Crippen LogP contribution in [0, 0.1) is 12.7 Å². The SMILES string of the molecule is Cc1cc(F)ccc1-c1ccc(CNC(=O)[C@H](O)[C@@H](O)C(=O)N2Cc3ccccc3C2)cc1. The minimum Gasteiger partial charge on any atom is -0.380 e. The lowest BCUT2D eigenvalue weighted by atomic mass is 9.99. The maximum Gasteiger partial charge on any atom is 0.255 e. The second-order valence-electron chi connectivity index (χ2n) is 8.23. The Morgan fingerprint density at radius 3 is 2.21 bits per heavy atom. The van der Waals surface area contributed by atoms with Crippen molar-refractivity contribution in [1.82, 2.24) is 10.2 Å². The molecule has 0 saturated heterocycles. The molecule has 0 fully saturated rings. The number of hydrogen-bond donors (Lipinski definition) is 3. The average molecular weight is 448 g/mol. The third-order valence-corrected chi connectivity index (χ3v) is 5.89. The van der Waals surface area contributed by atoms with Gasteiger partial charge < -0.3 is 20.4 Å². The van der Waals surface area contributed by atoms with Crippen LogP contribution in [0.25, 0.3) is 11.1 Å². The van der Waals surface area contributed by atoms with E-state index in [1.165, 1.54) is 17.0 Å². The molecule has 1 heterocycles. The summed E-state index contributed by atoms with van der Waals surface area (Å²) in [5, 5.41) is 23.0. The van der Waals surface area contributed by atoms with Gasteiger partial charge in [-0.15, -0.1) is 0 Å². The normalized spacial score (nSPS) is 14.5. The molecule has 0 saturated carbocycles. The average Bonchev–Trinajstić information content (AvgIpc) is 3.26. The number of carbonyl (C=O) groups is 2. The summed E-state index contributed by atoms with van der Waals surface area (Å²) in [7, 11) is 0. The molecule has 0 radical (unpaired) electrons. The number of nitrogens with zero attached hydrogens (tertiary/aromatic N) is 1. The van der Waals surface area contributed by atoms with E-state index >= 15 is 0 Å². The van der Waals surface area contributed by atoms with Gasteiger partial charge in [-0.05, 0) is 52.4 Å². The highest BCUT2D eigenvalue weighted by Gasteiger charge is 2.35.